The first-order chi connectivity index (χ1) is 11.6. The molecule has 1 heterocycles. The molecule has 1 aromatic rings. The molecule has 2 heteroatoms. The van der Waals surface area contributed by atoms with Gasteiger partial charge < -0.3 is 9.64 Å². The molecule has 0 N–H and O–H groups in total. The molecule has 2 nitrogen and oxygen atoms in total. The van der Waals surface area contributed by atoms with Gasteiger partial charge in [-0.1, -0.05) is 61.5 Å². The summed E-state index contributed by atoms with van der Waals surface area (Å²) in [6.45, 7) is 18.1. The number of rotatable bonds is 1. The molecule has 0 saturated carbocycles. The van der Waals surface area contributed by atoms with Gasteiger partial charge in [-0.3, -0.25) is 0 Å². The Morgan fingerprint density at radius 1 is 1.08 bits per heavy atom. The van der Waals surface area contributed by atoms with E-state index in [4.69, 9.17) is 4.74 Å². The van der Waals surface area contributed by atoms with Gasteiger partial charge in [-0.05, 0) is 61.0 Å². The smallest absolute Gasteiger partial charge is 0.119 e. The number of nitrogens with zero attached hydrogens (tertiary/aromatic N) is 1. The lowest BCUT2D eigenvalue weighted by atomic mass is 9.59. The van der Waals surface area contributed by atoms with Gasteiger partial charge in [0.05, 0.1) is 7.11 Å². The van der Waals surface area contributed by atoms with E-state index in [-0.39, 0.29) is 0 Å². The van der Waals surface area contributed by atoms with Crippen molar-refractivity contribution in [2.75, 3.05) is 20.7 Å². The van der Waals surface area contributed by atoms with Crippen molar-refractivity contribution in [2.24, 2.45) is 5.92 Å². The minimum absolute atomic E-state index is 0.319. The molecule has 24 heavy (non-hydrogen) atoms. The molecule has 0 radical (unpaired) electrons. The number of fused-ring (bicyclic) bond motifs is 4. The maximum atomic E-state index is 5.41. The van der Waals surface area contributed by atoms with Crippen molar-refractivity contribution in [1.82, 2.24) is 4.90 Å². The summed E-state index contributed by atoms with van der Waals surface area (Å²) in [5.74, 6) is 1.72. The molecule has 3 rings (SSSR count). The Labute approximate surface area is 151 Å². The molecule has 2 bridgehead atoms. The van der Waals surface area contributed by atoms with Crippen LogP contribution in [0.4, 0.5) is 0 Å². The van der Waals surface area contributed by atoms with Crippen LogP contribution < -0.4 is 4.74 Å². The number of likely N-dealkylation sites (N-methyl/N-ethyl adjacent to an activating group) is 1. The molecular formula is C22H41NO. The Hall–Kier alpha value is -1.02. The predicted octanol–water partition coefficient (Wildman–Crippen LogP) is 5.93. The molecular weight excluding hydrogens is 294 g/mol. The fourth-order valence-corrected chi connectivity index (χ4v) is 3.94. The van der Waals surface area contributed by atoms with Crippen molar-refractivity contribution in [1.29, 1.82) is 0 Å². The van der Waals surface area contributed by atoms with Crippen LogP contribution in [0.2, 0.25) is 0 Å². The first-order valence-electron chi connectivity index (χ1n) is 9.94. The van der Waals surface area contributed by atoms with Crippen molar-refractivity contribution < 1.29 is 4.74 Å². The summed E-state index contributed by atoms with van der Waals surface area (Å²) in [6.07, 6.45) is 2.44. The maximum Gasteiger partial charge on any atom is 0.119 e. The van der Waals surface area contributed by atoms with Gasteiger partial charge in [0.2, 0.25) is 0 Å². The zero-order valence-electron chi connectivity index (χ0n) is 17.9. The molecule has 1 aliphatic heterocycles. The third-order valence-corrected chi connectivity index (χ3v) is 5.49. The van der Waals surface area contributed by atoms with Gasteiger partial charge in [0.25, 0.3) is 0 Å². The Morgan fingerprint density at radius 2 is 1.67 bits per heavy atom. The summed E-state index contributed by atoms with van der Waals surface area (Å²) < 4.78 is 5.41. The second-order valence-electron chi connectivity index (χ2n) is 6.23. The summed E-state index contributed by atoms with van der Waals surface area (Å²) in [6, 6.07) is 7.34. The molecule has 140 valence electrons. The number of hydrogen-bond donors (Lipinski definition) is 0. The quantitative estimate of drug-likeness (QED) is 0.631. The topological polar surface area (TPSA) is 12.5 Å². The number of benzene rings is 1. The van der Waals surface area contributed by atoms with Crippen LogP contribution in [0.25, 0.3) is 0 Å². The van der Waals surface area contributed by atoms with Crippen molar-refractivity contribution >= 4 is 0 Å². The molecule has 0 spiro atoms. The summed E-state index contributed by atoms with van der Waals surface area (Å²) >= 11 is 0. The fraction of sp³-hybridized carbons (Fsp3) is 0.727. The second-order valence-corrected chi connectivity index (χ2v) is 6.23. The lowest BCUT2D eigenvalue weighted by Gasteiger charge is -2.53. The molecule has 1 fully saturated rings. The first-order valence-corrected chi connectivity index (χ1v) is 9.94. The fourth-order valence-electron chi connectivity index (χ4n) is 3.94. The average Bonchev–Trinajstić information content (AvgIpc) is 2.66. The highest BCUT2D eigenvalue weighted by Gasteiger charge is 2.47. The molecule has 1 aliphatic carbocycles. The van der Waals surface area contributed by atoms with Crippen molar-refractivity contribution in [3.8, 4) is 5.75 Å². The third-order valence-electron chi connectivity index (χ3n) is 5.49. The Morgan fingerprint density at radius 3 is 2.21 bits per heavy atom. The van der Waals surface area contributed by atoms with E-state index >= 15 is 0 Å². The monoisotopic (exact) mass is 335 g/mol. The highest BCUT2D eigenvalue weighted by molar-refractivity contribution is 5.44. The molecule has 1 aromatic carbocycles. The number of piperidine rings is 1. The first kappa shape index (κ1) is 23.0. The number of likely N-dealkylation sites (tertiary alicyclic amines) is 1. The summed E-state index contributed by atoms with van der Waals surface area (Å²) in [5, 5.41) is 0. The highest BCUT2D eigenvalue weighted by Crippen LogP contribution is 2.48. The van der Waals surface area contributed by atoms with E-state index in [0.29, 0.717) is 11.5 Å². The van der Waals surface area contributed by atoms with Gasteiger partial charge in [-0.15, -0.1) is 0 Å². The lowest BCUT2D eigenvalue weighted by molar-refractivity contribution is 0.0506. The van der Waals surface area contributed by atoms with Gasteiger partial charge >= 0.3 is 0 Å². The number of methoxy groups -OCH3 is 1. The van der Waals surface area contributed by atoms with Gasteiger partial charge in [-0.2, -0.15) is 0 Å². The Bertz CT molecular complexity index is 471. The van der Waals surface area contributed by atoms with Crippen LogP contribution in [-0.2, 0) is 11.8 Å². The molecule has 0 amide bonds. The predicted molar refractivity (Wildman–Crippen MR) is 108 cm³/mol. The summed E-state index contributed by atoms with van der Waals surface area (Å²) in [7, 11) is 4.03. The van der Waals surface area contributed by atoms with E-state index in [9.17, 15) is 0 Å². The average molecular weight is 336 g/mol. The van der Waals surface area contributed by atoms with Crippen LogP contribution in [0.1, 0.15) is 72.9 Å². The van der Waals surface area contributed by atoms with Crippen molar-refractivity contribution in [2.45, 2.75) is 79.7 Å². The zero-order chi connectivity index (χ0) is 18.9. The van der Waals surface area contributed by atoms with Crippen molar-refractivity contribution in [3.63, 3.8) is 0 Å². The van der Waals surface area contributed by atoms with E-state index in [1.165, 1.54) is 30.5 Å². The highest BCUT2D eigenvalue weighted by atomic mass is 16.5. The van der Waals surface area contributed by atoms with Gasteiger partial charge in [0, 0.05) is 6.04 Å². The van der Waals surface area contributed by atoms with E-state index < -0.39 is 0 Å². The van der Waals surface area contributed by atoms with E-state index in [1.807, 2.05) is 41.5 Å². The summed E-state index contributed by atoms with van der Waals surface area (Å²) in [4.78, 5) is 2.54. The lowest BCUT2D eigenvalue weighted by Crippen LogP contribution is -2.56. The minimum Gasteiger partial charge on any atom is -0.497 e. The van der Waals surface area contributed by atoms with Crippen molar-refractivity contribution in [3.05, 3.63) is 29.3 Å². The van der Waals surface area contributed by atoms with Gasteiger partial charge in [0.1, 0.15) is 5.75 Å². The molecule has 0 aromatic heterocycles. The largest absolute Gasteiger partial charge is 0.497 e. The van der Waals surface area contributed by atoms with Crippen LogP contribution in [0.15, 0.2) is 18.2 Å². The van der Waals surface area contributed by atoms with Gasteiger partial charge in [-0.25, -0.2) is 0 Å². The normalized spacial score (nSPS) is 27.1. The third kappa shape index (κ3) is 4.33. The zero-order valence-corrected chi connectivity index (χ0v) is 17.9. The SMILES string of the molecule is CC.CC.CC.COc1ccc2c(c1)[C@@]1(C)CCN(C)[C@@H](C2)C1C. The van der Waals surface area contributed by atoms with Crippen LogP contribution in [0.3, 0.4) is 0 Å². The molecule has 1 unspecified atom stereocenters. The van der Waals surface area contributed by atoms with E-state index in [2.05, 4.69) is 44.0 Å². The van der Waals surface area contributed by atoms with E-state index in [0.717, 1.165) is 11.7 Å². The molecule has 3 atom stereocenters. The van der Waals surface area contributed by atoms with Crippen LogP contribution in [0.5, 0.6) is 5.75 Å². The second kappa shape index (κ2) is 10.8. The van der Waals surface area contributed by atoms with E-state index in [1.54, 1.807) is 7.11 Å². The minimum atomic E-state index is 0.319. The van der Waals surface area contributed by atoms with Gasteiger partial charge in [0.15, 0.2) is 0 Å². The standard InChI is InChI=1S/C16H23NO.3C2H6/c1-11-15-9-12-5-6-13(18-4)10-14(12)16(11,2)7-8-17(15)3;3*1-2/h5-6,10-11,15H,7-9H2,1-4H3;3*1-2H3/t11?,15-,16-;;;/m0.../s1. The summed E-state index contributed by atoms with van der Waals surface area (Å²) in [5.41, 5.74) is 3.37. The molecule has 2 aliphatic rings. The Balaban J connectivity index is 0.000000798. The maximum absolute atomic E-state index is 5.41. The molecule has 1 saturated heterocycles. The van der Waals surface area contributed by atoms with Crippen LogP contribution in [-0.4, -0.2) is 31.6 Å². The van der Waals surface area contributed by atoms with Crippen LogP contribution >= 0.6 is 0 Å². The van der Waals surface area contributed by atoms with Crippen LogP contribution in [0, 0.1) is 5.92 Å². The Kier molecular flexibility index (Phi) is 10.3. The number of hydrogen-bond acceptors (Lipinski definition) is 2. The number of ether oxygens (including phenoxy) is 1.